The third-order valence-electron chi connectivity index (χ3n) is 13.0. The maximum Gasteiger partial charge on any atom is 0.305 e. The lowest BCUT2D eigenvalue weighted by Crippen LogP contribution is -2.45. The van der Waals surface area contributed by atoms with Crippen molar-refractivity contribution >= 4 is 11.9 Å². The van der Waals surface area contributed by atoms with Crippen molar-refractivity contribution in [2.75, 3.05) is 13.2 Å². The van der Waals surface area contributed by atoms with Gasteiger partial charge in [-0.1, -0.05) is 237 Å². The van der Waals surface area contributed by atoms with Gasteiger partial charge in [0.15, 0.2) is 0 Å². The first-order valence-corrected chi connectivity index (χ1v) is 28.1. The number of esters is 1. The minimum atomic E-state index is -0.686. The van der Waals surface area contributed by atoms with E-state index in [2.05, 4.69) is 43.5 Å². The Morgan fingerprint density at radius 1 is 0.429 bits per heavy atom. The summed E-state index contributed by atoms with van der Waals surface area (Å²) >= 11 is 0. The Hall–Kier alpha value is -1.66. The van der Waals surface area contributed by atoms with Gasteiger partial charge in [0.2, 0.25) is 5.91 Å². The summed E-state index contributed by atoms with van der Waals surface area (Å²) in [7, 11) is 0. The minimum absolute atomic E-state index is 0.0363. The molecule has 0 saturated carbocycles. The number of aliphatic hydroxyl groups is 2. The van der Waals surface area contributed by atoms with Crippen LogP contribution in [0.4, 0.5) is 0 Å². The fraction of sp³-hybridized carbons (Fsp3) is 0.895. The first kappa shape index (κ1) is 61.3. The van der Waals surface area contributed by atoms with Crippen LogP contribution >= 0.6 is 0 Å². The molecule has 63 heavy (non-hydrogen) atoms. The van der Waals surface area contributed by atoms with Gasteiger partial charge in [-0.2, -0.15) is 0 Å². The van der Waals surface area contributed by atoms with Crippen LogP contribution in [0, 0.1) is 0 Å². The molecular weight excluding hydrogens is 779 g/mol. The lowest BCUT2D eigenvalue weighted by molar-refractivity contribution is -0.143. The van der Waals surface area contributed by atoms with Crippen LogP contribution in [0.3, 0.4) is 0 Å². The van der Waals surface area contributed by atoms with Crippen molar-refractivity contribution in [2.24, 2.45) is 0 Å². The van der Waals surface area contributed by atoms with Crippen molar-refractivity contribution < 1.29 is 24.5 Å². The van der Waals surface area contributed by atoms with Crippen molar-refractivity contribution in [2.45, 2.75) is 315 Å². The van der Waals surface area contributed by atoms with E-state index in [-0.39, 0.29) is 18.5 Å². The Morgan fingerprint density at radius 3 is 1.13 bits per heavy atom. The first-order valence-electron chi connectivity index (χ1n) is 28.1. The van der Waals surface area contributed by atoms with Crippen molar-refractivity contribution in [1.82, 2.24) is 5.32 Å². The fourth-order valence-electron chi connectivity index (χ4n) is 8.63. The molecule has 0 radical (unpaired) electrons. The predicted octanol–water partition coefficient (Wildman–Crippen LogP) is 17.1. The molecule has 0 rings (SSSR count). The predicted molar refractivity (Wildman–Crippen MR) is 273 cm³/mol. The summed E-state index contributed by atoms with van der Waals surface area (Å²) in [6.45, 7) is 4.87. The summed E-state index contributed by atoms with van der Waals surface area (Å²) in [5, 5.41) is 23.2. The van der Waals surface area contributed by atoms with Gasteiger partial charge in [-0.15, -0.1) is 0 Å². The number of allylic oxidation sites excluding steroid dienone is 4. The smallest absolute Gasteiger partial charge is 0.305 e. The zero-order valence-electron chi connectivity index (χ0n) is 42.3. The SMILES string of the molecule is CCCCCCCC/C=C\CCCCCCCCCCCC(=O)OCCCC/C=C\CCCCCCC(=O)NC(CO)C(O)CCCCCCCCCCCCCCCCCCC. The monoisotopic (exact) mass is 888 g/mol. The standard InChI is InChI=1S/C57H109NO5/c1-3-5-7-9-11-13-15-17-19-21-22-24-26-28-30-35-39-43-47-51-57(62)63-52-48-44-40-36-32-31-34-38-42-46-50-56(61)58-54(53-59)55(60)49-45-41-37-33-29-27-25-23-20-18-16-14-12-10-8-6-4-2/h17,19,32,36,54-55,59-60H,3-16,18,20-31,33-35,37-53H2,1-2H3,(H,58,61)/b19-17-,36-32-. The Bertz CT molecular complexity index is 982. The van der Waals surface area contributed by atoms with Crippen LogP contribution in [0.25, 0.3) is 0 Å². The maximum atomic E-state index is 12.5. The second-order valence-electron chi connectivity index (χ2n) is 19.3. The van der Waals surface area contributed by atoms with Crippen LogP contribution in [0.1, 0.15) is 303 Å². The highest BCUT2D eigenvalue weighted by atomic mass is 16.5. The molecule has 0 heterocycles. The van der Waals surface area contributed by atoms with Crippen LogP contribution in [0.2, 0.25) is 0 Å². The van der Waals surface area contributed by atoms with Crippen molar-refractivity contribution in [3.8, 4) is 0 Å². The van der Waals surface area contributed by atoms with Crippen LogP contribution < -0.4 is 5.32 Å². The Morgan fingerprint density at radius 2 is 0.746 bits per heavy atom. The molecule has 0 aliphatic rings. The number of unbranched alkanes of at least 4 members (excludes halogenated alkanes) is 37. The Labute approximate surface area is 392 Å². The molecule has 1 amide bonds. The van der Waals surface area contributed by atoms with E-state index >= 15 is 0 Å². The van der Waals surface area contributed by atoms with Crippen LogP contribution in [0.15, 0.2) is 24.3 Å². The van der Waals surface area contributed by atoms with Gasteiger partial charge in [-0.3, -0.25) is 9.59 Å². The molecule has 0 aromatic heterocycles. The summed E-state index contributed by atoms with van der Waals surface area (Å²) < 4.78 is 5.45. The highest BCUT2D eigenvalue weighted by molar-refractivity contribution is 5.76. The number of hydrogen-bond donors (Lipinski definition) is 3. The van der Waals surface area contributed by atoms with E-state index in [0.717, 1.165) is 77.0 Å². The number of nitrogens with one attached hydrogen (secondary N) is 1. The molecule has 6 nitrogen and oxygen atoms in total. The van der Waals surface area contributed by atoms with E-state index < -0.39 is 12.1 Å². The average Bonchev–Trinajstić information content (AvgIpc) is 3.28. The molecule has 0 spiro atoms. The lowest BCUT2D eigenvalue weighted by atomic mass is 10.0. The number of rotatable bonds is 52. The van der Waals surface area contributed by atoms with Crippen LogP contribution in [-0.4, -0.2) is 47.4 Å². The molecule has 0 aromatic carbocycles. The van der Waals surface area contributed by atoms with E-state index in [0.29, 0.717) is 25.9 Å². The average molecular weight is 889 g/mol. The number of aliphatic hydroxyl groups excluding tert-OH is 2. The molecular formula is C57H109NO5. The molecule has 0 saturated heterocycles. The van der Waals surface area contributed by atoms with Crippen LogP contribution in [0.5, 0.6) is 0 Å². The van der Waals surface area contributed by atoms with Gasteiger partial charge in [0, 0.05) is 12.8 Å². The Kier molecular flexibility index (Phi) is 51.6. The van der Waals surface area contributed by atoms with Gasteiger partial charge in [0.1, 0.15) is 0 Å². The quantitative estimate of drug-likeness (QED) is 0.0321. The van der Waals surface area contributed by atoms with Crippen molar-refractivity contribution in [3.63, 3.8) is 0 Å². The molecule has 0 bridgehead atoms. The summed E-state index contributed by atoms with van der Waals surface area (Å²) in [4.78, 5) is 24.5. The number of ether oxygens (including phenoxy) is 1. The number of carbonyl (C=O) groups is 2. The second kappa shape index (κ2) is 53.0. The van der Waals surface area contributed by atoms with Crippen molar-refractivity contribution in [1.29, 1.82) is 0 Å². The van der Waals surface area contributed by atoms with Gasteiger partial charge in [-0.25, -0.2) is 0 Å². The first-order chi connectivity index (χ1) is 31.0. The van der Waals surface area contributed by atoms with E-state index in [4.69, 9.17) is 4.74 Å². The van der Waals surface area contributed by atoms with Gasteiger partial charge in [0.05, 0.1) is 25.4 Å². The van der Waals surface area contributed by atoms with Gasteiger partial charge in [-0.05, 0) is 77.0 Å². The molecule has 2 unspecified atom stereocenters. The zero-order valence-corrected chi connectivity index (χ0v) is 42.3. The largest absolute Gasteiger partial charge is 0.466 e. The molecule has 3 N–H and O–H groups in total. The van der Waals surface area contributed by atoms with E-state index in [1.807, 2.05) is 0 Å². The molecule has 0 aromatic rings. The summed E-state index contributed by atoms with van der Waals surface area (Å²) in [5.74, 6) is -0.105. The normalized spacial score (nSPS) is 12.8. The molecule has 2 atom stereocenters. The third-order valence-corrected chi connectivity index (χ3v) is 13.0. The summed E-state index contributed by atoms with van der Waals surface area (Å²) in [5.41, 5.74) is 0. The van der Waals surface area contributed by atoms with E-state index in [9.17, 15) is 19.8 Å². The lowest BCUT2D eigenvalue weighted by Gasteiger charge is -2.22. The maximum absolute atomic E-state index is 12.5. The molecule has 0 aliphatic carbocycles. The van der Waals surface area contributed by atoms with E-state index in [1.165, 1.54) is 193 Å². The zero-order chi connectivity index (χ0) is 45.8. The second-order valence-corrected chi connectivity index (χ2v) is 19.3. The molecule has 372 valence electrons. The fourth-order valence-corrected chi connectivity index (χ4v) is 8.63. The molecule has 0 aliphatic heterocycles. The van der Waals surface area contributed by atoms with Crippen LogP contribution in [-0.2, 0) is 14.3 Å². The van der Waals surface area contributed by atoms with Gasteiger partial charge < -0.3 is 20.3 Å². The van der Waals surface area contributed by atoms with Gasteiger partial charge in [0.25, 0.3) is 0 Å². The van der Waals surface area contributed by atoms with Crippen molar-refractivity contribution in [3.05, 3.63) is 24.3 Å². The summed E-state index contributed by atoms with van der Waals surface area (Å²) in [6, 6.07) is -0.567. The molecule has 0 fully saturated rings. The number of amides is 1. The number of carbonyl (C=O) groups excluding carboxylic acids is 2. The Balaban J connectivity index is 3.50. The minimum Gasteiger partial charge on any atom is -0.466 e. The number of hydrogen-bond acceptors (Lipinski definition) is 5. The van der Waals surface area contributed by atoms with E-state index in [1.54, 1.807) is 0 Å². The topological polar surface area (TPSA) is 95.9 Å². The summed E-state index contributed by atoms with van der Waals surface area (Å²) in [6.07, 6.45) is 63.1. The third kappa shape index (κ3) is 49.6. The van der Waals surface area contributed by atoms with Gasteiger partial charge >= 0.3 is 5.97 Å². The molecule has 6 heteroatoms. The highest BCUT2D eigenvalue weighted by Gasteiger charge is 2.20. The highest BCUT2D eigenvalue weighted by Crippen LogP contribution is 2.17.